The first-order chi connectivity index (χ1) is 11.1. The zero-order chi connectivity index (χ0) is 16.7. The molecule has 1 N–H and O–H groups in total. The van der Waals surface area contributed by atoms with Gasteiger partial charge in [-0.3, -0.25) is 0 Å². The van der Waals surface area contributed by atoms with Gasteiger partial charge in [-0.05, 0) is 24.6 Å². The van der Waals surface area contributed by atoms with E-state index >= 15 is 0 Å². The van der Waals surface area contributed by atoms with Crippen LogP contribution >= 0.6 is 0 Å². The maximum atomic E-state index is 10.1. The van der Waals surface area contributed by atoms with Gasteiger partial charge in [0.2, 0.25) is 0 Å². The van der Waals surface area contributed by atoms with E-state index in [0.29, 0.717) is 24.5 Å². The summed E-state index contributed by atoms with van der Waals surface area (Å²) in [5.41, 5.74) is 2.42. The Kier molecular flexibility index (Phi) is 6.10. The maximum absolute atomic E-state index is 10.1. The number of ether oxygens (including phenoxy) is 1. The van der Waals surface area contributed by atoms with E-state index in [-0.39, 0.29) is 6.61 Å². The van der Waals surface area contributed by atoms with Gasteiger partial charge in [-0.25, -0.2) is 4.98 Å². The molecule has 2 aromatic rings. The van der Waals surface area contributed by atoms with E-state index in [0.717, 1.165) is 11.3 Å². The summed E-state index contributed by atoms with van der Waals surface area (Å²) < 4.78 is 5.54. The van der Waals surface area contributed by atoms with Crippen molar-refractivity contribution < 1.29 is 9.84 Å². The molecule has 2 rings (SSSR count). The van der Waals surface area contributed by atoms with Gasteiger partial charge >= 0.3 is 0 Å². The smallest absolute Gasteiger partial charge is 0.129 e. The quantitative estimate of drug-likeness (QED) is 0.849. The number of likely N-dealkylation sites (N-methyl/N-ethyl adjacent to an activating group) is 1. The first-order valence-corrected chi connectivity index (χ1v) is 7.48. The molecule has 0 amide bonds. The molecular weight excluding hydrogens is 290 g/mol. The highest BCUT2D eigenvalue weighted by molar-refractivity contribution is 5.46. The summed E-state index contributed by atoms with van der Waals surface area (Å²) >= 11 is 0. The molecule has 0 bridgehead atoms. The third kappa shape index (κ3) is 5.37. The fraction of sp³-hybridized carbons (Fsp3) is 0.333. The van der Waals surface area contributed by atoms with Gasteiger partial charge in [-0.2, -0.15) is 5.26 Å². The number of aryl methyl sites for hydroxylation is 1. The third-order valence-electron chi connectivity index (χ3n) is 3.37. The van der Waals surface area contributed by atoms with Crippen LogP contribution in [0.3, 0.4) is 0 Å². The predicted molar refractivity (Wildman–Crippen MR) is 89.1 cm³/mol. The zero-order valence-corrected chi connectivity index (χ0v) is 13.4. The summed E-state index contributed by atoms with van der Waals surface area (Å²) in [5, 5.41) is 19.1. The second-order valence-electron chi connectivity index (χ2n) is 5.50. The van der Waals surface area contributed by atoms with Crippen molar-refractivity contribution in [3.8, 4) is 6.07 Å². The average Bonchev–Trinajstić information content (AvgIpc) is 2.55. The molecule has 0 aliphatic carbocycles. The van der Waals surface area contributed by atoms with E-state index in [4.69, 9.17) is 10.00 Å². The topological polar surface area (TPSA) is 69.4 Å². The highest BCUT2D eigenvalue weighted by Crippen LogP contribution is 2.13. The Morgan fingerprint density at radius 1 is 1.30 bits per heavy atom. The Morgan fingerprint density at radius 2 is 2.04 bits per heavy atom. The lowest BCUT2D eigenvalue weighted by molar-refractivity contribution is 0.0324. The largest absolute Gasteiger partial charge is 0.389 e. The average molecular weight is 311 g/mol. The van der Waals surface area contributed by atoms with E-state index < -0.39 is 6.10 Å². The van der Waals surface area contributed by atoms with Gasteiger partial charge < -0.3 is 14.7 Å². The Labute approximate surface area is 136 Å². The van der Waals surface area contributed by atoms with Gasteiger partial charge in [0.05, 0.1) is 31.0 Å². The zero-order valence-electron chi connectivity index (χ0n) is 13.4. The molecule has 5 heteroatoms. The molecule has 0 aliphatic heterocycles. The summed E-state index contributed by atoms with van der Waals surface area (Å²) in [4.78, 5) is 6.21. The van der Waals surface area contributed by atoms with Crippen LogP contribution in [0.4, 0.5) is 5.82 Å². The Hall–Kier alpha value is -2.42. The molecule has 1 aromatic carbocycles. The van der Waals surface area contributed by atoms with Crippen LogP contribution in [-0.4, -0.2) is 36.4 Å². The van der Waals surface area contributed by atoms with Crippen molar-refractivity contribution in [2.75, 3.05) is 25.1 Å². The summed E-state index contributed by atoms with van der Waals surface area (Å²) in [6, 6.07) is 15.4. The van der Waals surface area contributed by atoms with E-state index in [9.17, 15) is 5.11 Å². The fourth-order valence-electron chi connectivity index (χ4n) is 2.26. The van der Waals surface area contributed by atoms with E-state index in [1.165, 1.54) is 0 Å². The van der Waals surface area contributed by atoms with Crippen molar-refractivity contribution in [2.45, 2.75) is 19.6 Å². The van der Waals surface area contributed by atoms with Gasteiger partial charge in [0.1, 0.15) is 5.82 Å². The van der Waals surface area contributed by atoms with E-state index in [1.807, 2.05) is 49.2 Å². The second kappa shape index (κ2) is 8.28. The number of hydrogen-bond donors (Lipinski definition) is 1. The molecule has 0 radical (unpaired) electrons. The molecule has 23 heavy (non-hydrogen) atoms. The van der Waals surface area contributed by atoms with E-state index in [1.54, 1.807) is 12.1 Å². The van der Waals surface area contributed by atoms with Crippen LogP contribution in [0.5, 0.6) is 0 Å². The third-order valence-corrected chi connectivity index (χ3v) is 3.37. The SMILES string of the molecule is Cc1cc(C#N)cc(N(C)C[C@@H](O)COCc2ccccc2)n1. The minimum Gasteiger partial charge on any atom is -0.389 e. The van der Waals surface area contributed by atoms with Crippen LogP contribution in [0.15, 0.2) is 42.5 Å². The standard InChI is InChI=1S/C18H21N3O2/c1-14-8-16(10-19)9-18(20-14)21(2)11-17(22)13-23-12-15-6-4-3-5-7-15/h3-9,17,22H,11-13H2,1-2H3/t17-/m1/s1. The van der Waals surface area contributed by atoms with Crippen molar-refractivity contribution in [3.63, 3.8) is 0 Å². The number of hydrogen-bond acceptors (Lipinski definition) is 5. The lowest BCUT2D eigenvalue weighted by atomic mass is 10.2. The van der Waals surface area contributed by atoms with Crippen LogP contribution in [0, 0.1) is 18.3 Å². The van der Waals surface area contributed by atoms with Gasteiger partial charge in [0.25, 0.3) is 0 Å². The first-order valence-electron chi connectivity index (χ1n) is 7.48. The van der Waals surface area contributed by atoms with Crippen LogP contribution in [0.2, 0.25) is 0 Å². The molecule has 0 unspecified atom stereocenters. The summed E-state index contributed by atoms with van der Waals surface area (Å²) in [7, 11) is 1.84. The number of nitriles is 1. The monoisotopic (exact) mass is 311 g/mol. The van der Waals surface area contributed by atoms with Crippen molar-refractivity contribution >= 4 is 5.82 Å². The lowest BCUT2D eigenvalue weighted by Crippen LogP contribution is -2.32. The molecule has 1 aromatic heterocycles. The number of aromatic nitrogens is 1. The Morgan fingerprint density at radius 3 is 2.74 bits per heavy atom. The van der Waals surface area contributed by atoms with Gasteiger partial charge in [0, 0.05) is 19.3 Å². The summed E-state index contributed by atoms with van der Waals surface area (Å²) in [6.07, 6.45) is -0.628. The molecule has 1 heterocycles. The van der Waals surface area contributed by atoms with Crippen molar-refractivity contribution in [3.05, 3.63) is 59.3 Å². The number of nitrogens with zero attached hydrogens (tertiary/aromatic N) is 3. The number of pyridine rings is 1. The molecule has 0 saturated heterocycles. The number of aliphatic hydroxyl groups is 1. The minimum atomic E-state index is -0.628. The molecule has 0 spiro atoms. The van der Waals surface area contributed by atoms with Gasteiger partial charge in [-0.1, -0.05) is 30.3 Å². The van der Waals surface area contributed by atoms with Crippen molar-refractivity contribution in [1.82, 2.24) is 4.98 Å². The van der Waals surface area contributed by atoms with Crippen LogP contribution in [-0.2, 0) is 11.3 Å². The molecule has 1 atom stereocenters. The number of rotatable bonds is 7. The fourth-order valence-corrected chi connectivity index (χ4v) is 2.26. The van der Waals surface area contributed by atoms with Crippen LogP contribution < -0.4 is 4.90 Å². The Bertz CT molecular complexity index is 668. The lowest BCUT2D eigenvalue weighted by Gasteiger charge is -2.22. The maximum Gasteiger partial charge on any atom is 0.129 e. The van der Waals surface area contributed by atoms with E-state index in [2.05, 4.69) is 11.1 Å². The van der Waals surface area contributed by atoms with Crippen molar-refractivity contribution in [2.24, 2.45) is 0 Å². The summed E-state index contributed by atoms with van der Waals surface area (Å²) in [5.74, 6) is 0.670. The molecular formula is C18H21N3O2. The number of aliphatic hydroxyl groups excluding tert-OH is 1. The van der Waals surface area contributed by atoms with Crippen LogP contribution in [0.1, 0.15) is 16.8 Å². The van der Waals surface area contributed by atoms with Crippen molar-refractivity contribution in [1.29, 1.82) is 5.26 Å². The molecule has 0 fully saturated rings. The second-order valence-corrected chi connectivity index (χ2v) is 5.50. The van der Waals surface area contributed by atoms with Gasteiger partial charge in [0.15, 0.2) is 0 Å². The highest BCUT2D eigenvalue weighted by atomic mass is 16.5. The van der Waals surface area contributed by atoms with Crippen LogP contribution in [0.25, 0.3) is 0 Å². The normalized spacial score (nSPS) is 11.7. The molecule has 0 saturated carbocycles. The predicted octanol–water partition coefficient (Wildman–Crippen LogP) is 2.28. The first kappa shape index (κ1) is 16.9. The Balaban J connectivity index is 1.84. The van der Waals surface area contributed by atoms with Gasteiger partial charge in [-0.15, -0.1) is 0 Å². The summed E-state index contributed by atoms with van der Waals surface area (Å²) in [6.45, 7) is 2.95. The number of benzene rings is 1. The minimum absolute atomic E-state index is 0.246. The molecule has 5 nitrogen and oxygen atoms in total. The molecule has 0 aliphatic rings. The molecule has 120 valence electrons. The highest BCUT2D eigenvalue weighted by Gasteiger charge is 2.11. The number of anilines is 1.